The first-order valence-electron chi connectivity index (χ1n) is 5.35. The van der Waals surface area contributed by atoms with E-state index in [9.17, 15) is 13.2 Å². The molecule has 6 atom stereocenters. The molecule has 96 valence electrons. The van der Waals surface area contributed by atoms with Gasteiger partial charge >= 0.3 is 5.97 Å². The number of halogens is 1. The molecular weight excluding hydrogens is 316 g/mol. The van der Waals surface area contributed by atoms with Crippen molar-refractivity contribution in [3.8, 4) is 0 Å². The molecule has 3 rings (SSSR count). The maximum absolute atomic E-state index is 11.8. The molecule has 0 amide bonds. The summed E-state index contributed by atoms with van der Waals surface area (Å²) < 4.78 is 39.1. The van der Waals surface area contributed by atoms with Gasteiger partial charge in [-0.2, -0.15) is 8.42 Å². The Kier molecular flexibility index (Phi) is 2.56. The molecule has 0 aromatic heterocycles. The topological polar surface area (TPSA) is 78.9 Å². The first kappa shape index (κ1) is 11.9. The lowest BCUT2D eigenvalue weighted by atomic mass is 9.87. The van der Waals surface area contributed by atoms with Gasteiger partial charge in [-0.05, 0) is 6.92 Å². The summed E-state index contributed by atoms with van der Waals surface area (Å²) in [6.45, 7) is 1.90. The van der Waals surface area contributed by atoms with Gasteiger partial charge in [0.1, 0.15) is 23.4 Å². The number of hydrogen-bond donors (Lipinski definition) is 0. The molecular formula is C9H11BrO6S. The van der Waals surface area contributed by atoms with Crippen LogP contribution in [0.5, 0.6) is 0 Å². The van der Waals surface area contributed by atoms with Crippen molar-refractivity contribution in [2.24, 2.45) is 5.92 Å². The Morgan fingerprint density at radius 3 is 2.71 bits per heavy atom. The standard InChI is InChI=1S/C9H11BrO6S/c1-2-14-9(11)3-5-4(10)6-7(15-5)8(3)17(12,13)16-6/h3-8H,2H2,1H3. The van der Waals surface area contributed by atoms with Crippen molar-refractivity contribution in [1.82, 2.24) is 0 Å². The van der Waals surface area contributed by atoms with E-state index in [-0.39, 0.29) is 11.4 Å². The molecule has 3 fully saturated rings. The van der Waals surface area contributed by atoms with Crippen LogP contribution >= 0.6 is 15.9 Å². The van der Waals surface area contributed by atoms with Gasteiger partial charge in [0.05, 0.1) is 17.5 Å². The number of hydrogen-bond acceptors (Lipinski definition) is 6. The van der Waals surface area contributed by atoms with Gasteiger partial charge in [0, 0.05) is 0 Å². The number of rotatable bonds is 2. The molecule has 0 aromatic carbocycles. The Balaban J connectivity index is 1.99. The molecule has 3 aliphatic heterocycles. The second-order valence-electron chi connectivity index (χ2n) is 4.31. The third-order valence-electron chi connectivity index (χ3n) is 3.43. The smallest absolute Gasteiger partial charge is 0.313 e. The molecule has 2 bridgehead atoms. The highest BCUT2D eigenvalue weighted by atomic mass is 79.9. The van der Waals surface area contributed by atoms with Crippen LogP contribution < -0.4 is 0 Å². The molecule has 3 heterocycles. The van der Waals surface area contributed by atoms with E-state index in [0.29, 0.717) is 0 Å². The van der Waals surface area contributed by atoms with E-state index in [2.05, 4.69) is 15.9 Å². The SMILES string of the molecule is CCOC(=O)C1C2OC3C(OS(=O)(=O)C31)C2Br. The summed E-state index contributed by atoms with van der Waals surface area (Å²) in [4.78, 5) is 11.5. The Hall–Kier alpha value is -0.180. The molecule has 0 N–H and O–H groups in total. The molecule has 0 spiro atoms. The van der Waals surface area contributed by atoms with E-state index < -0.39 is 45.6 Å². The fraction of sp³-hybridized carbons (Fsp3) is 0.889. The fourth-order valence-corrected chi connectivity index (χ4v) is 5.66. The lowest BCUT2D eigenvalue weighted by Crippen LogP contribution is -2.46. The largest absolute Gasteiger partial charge is 0.466 e. The predicted molar refractivity (Wildman–Crippen MR) is 59.1 cm³/mol. The molecule has 0 saturated carbocycles. The molecule has 3 saturated heterocycles. The molecule has 6 nitrogen and oxygen atoms in total. The highest BCUT2D eigenvalue weighted by Gasteiger charge is 2.72. The van der Waals surface area contributed by atoms with Crippen molar-refractivity contribution in [3.05, 3.63) is 0 Å². The summed E-state index contributed by atoms with van der Waals surface area (Å²) in [7, 11) is -3.73. The fourth-order valence-electron chi connectivity index (χ4n) is 2.82. The summed E-state index contributed by atoms with van der Waals surface area (Å²) in [6.07, 6.45) is -1.55. The summed E-state index contributed by atoms with van der Waals surface area (Å²) in [5.41, 5.74) is 0. The second kappa shape index (κ2) is 3.66. The van der Waals surface area contributed by atoms with E-state index in [4.69, 9.17) is 13.7 Å². The van der Waals surface area contributed by atoms with Gasteiger partial charge in [-0.3, -0.25) is 8.98 Å². The molecule has 3 aliphatic rings. The van der Waals surface area contributed by atoms with E-state index >= 15 is 0 Å². The molecule has 0 radical (unpaired) electrons. The monoisotopic (exact) mass is 326 g/mol. The third-order valence-corrected chi connectivity index (χ3v) is 6.20. The summed E-state index contributed by atoms with van der Waals surface area (Å²) in [5.74, 6) is -1.31. The highest BCUT2D eigenvalue weighted by Crippen LogP contribution is 2.52. The van der Waals surface area contributed by atoms with Crippen LogP contribution in [0.3, 0.4) is 0 Å². The number of esters is 1. The second-order valence-corrected chi connectivity index (χ2v) is 7.09. The molecule has 0 aromatic rings. The van der Waals surface area contributed by atoms with E-state index in [1.165, 1.54) is 0 Å². The molecule has 0 aliphatic carbocycles. The van der Waals surface area contributed by atoms with Crippen molar-refractivity contribution in [3.63, 3.8) is 0 Å². The van der Waals surface area contributed by atoms with Crippen LogP contribution in [0.25, 0.3) is 0 Å². The van der Waals surface area contributed by atoms with Crippen molar-refractivity contribution < 1.29 is 26.9 Å². The Labute approximate surface area is 107 Å². The number of carbonyl (C=O) groups excluding carboxylic acids is 1. The first-order valence-corrected chi connectivity index (χ1v) is 7.74. The first-order chi connectivity index (χ1) is 7.97. The average Bonchev–Trinajstić information content (AvgIpc) is 2.81. The highest BCUT2D eigenvalue weighted by molar-refractivity contribution is 9.09. The van der Waals surface area contributed by atoms with Gasteiger partial charge in [0.2, 0.25) is 0 Å². The van der Waals surface area contributed by atoms with Crippen LogP contribution in [0.15, 0.2) is 0 Å². The van der Waals surface area contributed by atoms with Crippen LogP contribution in [0.4, 0.5) is 0 Å². The lowest BCUT2D eigenvalue weighted by Gasteiger charge is -2.23. The minimum Gasteiger partial charge on any atom is -0.466 e. The van der Waals surface area contributed by atoms with E-state index in [1.807, 2.05) is 0 Å². The zero-order valence-corrected chi connectivity index (χ0v) is 11.3. The van der Waals surface area contributed by atoms with E-state index in [1.54, 1.807) is 6.92 Å². The van der Waals surface area contributed by atoms with Crippen LogP contribution in [-0.2, 0) is 28.6 Å². The average molecular weight is 327 g/mol. The van der Waals surface area contributed by atoms with Crippen molar-refractivity contribution in [2.45, 2.75) is 35.3 Å². The molecule has 17 heavy (non-hydrogen) atoms. The molecule has 8 heteroatoms. The van der Waals surface area contributed by atoms with Crippen LogP contribution in [-0.4, -0.2) is 49.4 Å². The van der Waals surface area contributed by atoms with Crippen molar-refractivity contribution >= 4 is 32.0 Å². The van der Waals surface area contributed by atoms with Gasteiger partial charge in [0.25, 0.3) is 10.1 Å². The summed E-state index contributed by atoms with van der Waals surface area (Å²) in [6, 6.07) is 0. The Morgan fingerprint density at radius 1 is 1.35 bits per heavy atom. The zero-order valence-electron chi connectivity index (χ0n) is 8.91. The van der Waals surface area contributed by atoms with Gasteiger partial charge in [-0.25, -0.2) is 0 Å². The van der Waals surface area contributed by atoms with Gasteiger partial charge in [0.15, 0.2) is 0 Å². The van der Waals surface area contributed by atoms with Crippen LogP contribution in [0.2, 0.25) is 0 Å². The quantitative estimate of drug-likeness (QED) is 0.397. The Morgan fingerprint density at radius 2 is 2.06 bits per heavy atom. The molecule has 6 unspecified atom stereocenters. The maximum atomic E-state index is 11.8. The maximum Gasteiger partial charge on any atom is 0.313 e. The number of alkyl halides is 1. The van der Waals surface area contributed by atoms with Crippen molar-refractivity contribution in [1.29, 1.82) is 0 Å². The minimum absolute atomic E-state index is 0.219. The number of fused-ring (bicyclic) bond motifs is 1. The van der Waals surface area contributed by atoms with Crippen molar-refractivity contribution in [2.75, 3.05) is 6.61 Å². The predicted octanol–water partition coefficient (Wildman–Crippen LogP) is -0.193. The Bertz CT molecular complexity index is 462. The lowest BCUT2D eigenvalue weighted by molar-refractivity contribution is -0.149. The van der Waals surface area contributed by atoms with Crippen LogP contribution in [0.1, 0.15) is 6.92 Å². The minimum atomic E-state index is -3.73. The van der Waals surface area contributed by atoms with E-state index in [0.717, 1.165) is 0 Å². The third kappa shape index (κ3) is 1.44. The summed E-state index contributed by atoms with van der Waals surface area (Å²) in [5, 5.41) is -0.912. The van der Waals surface area contributed by atoms with Gasteiger partial charge in [-0.15, -0.1) is 0 Å². The number of ether oxygens (including phenoxy) is 2. The number of carbonyl (C=O) groups is 1. The van der Waals surface area contributed by atoms with Gasteiger partial charge in [-0.1, -0.05) is 15.9 Å². The zero-order chi connectivity index (χ0) is 12.4. The normalized spacial score (nSPS) is 49.5. The summed E-state index contributed by atoms with van der Waals surface area (Å²) >= 11 is 3.34. The van der Waals surface area contributed by atoms with Crippen LogP contribution in [0, 0.1) is 5.92 Å². The van der Waals surface area contributed by atoms with Gasteiger partial charge < -0.3 is 9.47 Å².